The van der Waals surface area contributed by atoms with E-state index in [1.54, 1.807) is 61.6 Å². The first-order valence-corrected chi connectivity index (χ1v) is 41.0. The number of para-hydroxylation sites is 1. The predicted molar refractivity (Wildman–Crippen MR) is 432 cm³/mol. The molecule has 4 aromatic rings. The van der Waals surface area contributed by atoms with Gasteiger partial charge in [0, 0.05) is 68.1 Å². The molecule has 2 aromatic carbocycles. The van der Waals surface area contributed by atoms with E-state index >= 15 is 4.79 Å². The van der Waals surface area contributed by atoms with Crippen LogP contribution in [-0.2, 0) is 91.2 Å². The summed E-state index contributed by atoms with van der Waals surface area (Å²) < 4.78 is 0. The molecule has 1 aliphatic heterocycles. The monoisotopic (exact) mass is 1640 g/mol. The van der Waals surface area contributed by atoms with E-state index in [9.17, 15) is 82.4 Å². The molecular weight excluding hydrogens is 1520 g/mol. The molecule has 0 spiro atoms. The molecule has 14 atom stereocenters. The number of aliphatic hydroxyl groups excluding tert-OH is 1. The number of rotatable bonds is 39. The average molecular weight is 1640 g/mol. The van der Waals surface area contributed by atoms with Crippen molar-refractivity contribution in [3.63, 3.8) is 0 Å². The molecule has 0 unspecified atom stereocenters. The van der Waals surface area contributed by atoms with Gasteiger partial charge in [0.2, 0.25) is 82.7 Å². The third kappa shape index (κ3) is 31.8. The van der Waals surface area contributed by atoms with E-state index in [0.717, 1.165) is 10.9 Å². The average Bonchev–Trinajstić information content (AvgIpc) is 1.64. The van der Waals surface area contributed by atoms with Gasteiger partial charge < -0.3 is 105 Å². The number of thioether (sulfide) groups is 1. The number of phenolic OH excluding ortho intramolecular Hbond substituents is 1. The number of carbonyl (C=O) groups is 15. The SMILES string of the molecule is CC[C@H](C)[C@H](NC(=O)[C@H](CC(C)C)NC(=O)[C@@H]1CCCCNC(=O)CC[C@H](NC(=O)[C@@H](CC(C)C)NC(=O)[C@@H](NC(=O)[C@H](Cc2c[nH]c3ccccc23)NC(=O)[C@H](CCSC)NC(C)=O)C(C)C)C(=O)N[C@@H](Cc2ccc(O)cc2)C(=O)N[C@@H](C)C(=O)N[C@@H](Cc2cnc[nH]2)C(=O)N1)C(=O)N[C@@H](CCCCN)C(=O)N[C@@H](CO)C(=O)O. The largest absolute Gasteiger partial charge is 0.508 e. The fourth-order valence-electron chi connectivity index (χ4n) is 12.9. The molecule has 1 fully saturated rings. The molecule has 116 heavy (non-hydrogen) atoms. The first-order chi connectivity index (χ1) is 55.1. The zero-order chi connectivity index (χ0) is 85.9. The number of aromatic amines is 2. The number of nitrogens with two attached hydrogens (primary N) is 1. The number of phenols is 1. The maximum atomic E-state index is 15.0. The summed E-state index contributed by atoms with van der Waals surface area (Å²) in [5.41, 5.74) is 7.87. The van der Waals surface area contributed by atoms with Crippen LogP contribution in [0.2, 0.25) is 0 Å². The van der Waals surface area contributed by atoms with Crippen LogP contribution in [0.1, 0.15) is 163 Å². The van der Waals surface area contributed by atoms with Crippen molar-refractivity contribution in [1.29, 1.82) is 0 Å². The summed E-state index contributed by atoms with van der Waals surface area (Å²) >= 11 is 1.46. The molecular formula is C79H120N18O18S. The quantitative estimate of drug-likeness (QED) is 0.0257. The minimum atomic E-state index is -1.69. The number of nitrogens with one attached hydrogen (secondary N) is 16. The number of amides is 14. The molecule has 5 rings (SSSR count). The molecule has 37 heteroatoms. The van der Waals surface area contributed by atoms with Crippen LogP contribution in [0.3, 0.4) is 0 Å². The number of aromatic hydroxyl groups is 1. The van der Waals surface area contributed by atoms with Crippen LogP contribution < -0.4 is 80.2 Å². The van der Waals surface area contributed by atoms with Gasteiger partial charge in [0.1, 0.15) is 84.3 Å². The molecule has 1 saturated heterocycles. The van der Waals surface area contributed by atoms with Gasteiger partial charge in [-0.05, 0) is 143 Å². The number of aromatic nitrogens is 3. The number of aliphatic carboxylic acids is 1. The van der Waals surface area contributed by atoms with Gasteiger partial charge in [0.15, 0.2) is 0 Å². The van der Waals surface area contributed by atoms with Crippen molar-refractivity contribution in [1.82, 2.24) is 89.4 Å². The molecule has 36 nitrogen and oxygen atoms in total. The van der Waals surface area contributed by atoms with E-state index < -0.39 is 198 Å². The van der Waals surface area contributed by atoms with Crippen molar-refractivity contribution in [2.24, 2.45) is 29.4 Å². The number of fused-ring (bicyclic) bond motifs is 1. The lowest BCUT2D eigenvalue weighted by atomic mass is 9.96. The van der Waals surface area contributed by atoms with Crippen molar-refractivity contribution in [3.05, 3.63) is 84.1 Å². The number of carbonyl (C=O) groups excluding carboxylic acids is 14. The molecule has 14 amide bonds. The predicted octanol–water partition coefficient (Wildman–Crippen LogP) is -0.200. The zero-order valence-corrected chi connectivity index (χ0v) is 68.8. The highest BCUT2D eigenvalue weighted by molar-refractivity contribution is 7.98. The number of hydrogen-bond donors (Lipinski definition) is 20. The van der Waals surface area contributed by atoms with Crippen LogP contribution in [0.15, 0.2) is 67.3 Å². The molecule has 640 valence electrons. The molecule has 2 aromatic heterocycles. The second-order valence-corrected chi connectivity index (χ2v) is 31.6. The van der Waals surface area contributed by atoms with Gasteiger partial charge in [0.25, 0.3) is 0 Å². The minimum Gasteiger partial charge on any atom is -0.508 e. The fourth-order valence-corrected chi connectivity index (χ4v) is 13.4. The summed E-state index contributed by atoms with van der Waals surface area (Å²) in [6, 6.07) is -5.51. The van der Waals surface area contributed by atoms with Crippen LogP contribution in [0.5, 0.6) is 5.75 Å². The van der Waals surface area contributed by atoms with Crippen LogP contribution in [0, 0.1) is 23.7 Å². The summed E-state index contributed by atoms with van der Waals surface area (Å²) in [6.45, 7) is 15.7. The molecule has 1 aliphatic rings. The van der Waals surface area contributed by atoms with Crippen LogP contribution in [0.4, 0.5) is 0 Å². The lowest BCUT2D eigenvalue weighted by Gasteiger charge is -2.30. The van der Waals surface area contributed by atoms with E-state index in [-0.39, 0.29) is 94.9 Å². The Morgan fingerprint density at radius 3 is 1.82 bits per heavy atom. The Morgan fingerprint density at radius 1 is 0.621 bits per heavy atom. The maximum Gasteiger partial charge on any atom is 0.328 e. The van der Waals surface area contributed by atoms with Crippen molar-refractivity contribution < 1.29 is 87.2 Å². The standard InChI is InChI=1S/C79H120N18O18S/c1-12-45(8)66(78(113)89-55(21-15-17-30-80)69(104)95-63(40-98)79(114)115)97-75(110)59(34-43(4)5)91-68(103)54-22-16-18-31-82-64(101)28-27-56(70(105)92-60(35-48-23-25-51(100)26-24-48)72(107)85-46(9)67(102)90-62(74(109)87-54)37-50-39-81-41-84-50)88-73(108)58(33-42(2)3)94-77(112)65(44(6)7)96-76(111)61(36-49-38-83-53-20-14-13-19-52(49)53)93-71(106)57(29-32-116-11)86-47(10)99/h13-14,19-20,23-26,38-39,41-46,54-63,65-66,83,98,100H,12,15-18,21-22,27-37,40,80H2,1-11H3,(H,81,84)(H,82,101)(H,85,107)(H,86,99)(H,87,109)(H,88,108)(H,89,113)(H,90,102)(H,91,103)(H,92,105)(H,93,106)(H,94,112)(H,95,104)(H,96,111)(H,97,110)(H,114,115)/t45-,46-,54-,55-,56-,57-,58+,59-,60-,61-,62-,63-,65-,66-/m0/s1. The van der Waals surface area contributed by atoms with E-state index in [2.05, 4.69) is 89.4 Å². The highest BCUT2D eigenvalue weighted by Gasteiger charge is 2.39. The first-order valence-electron chi connectivity index (χ1n) is 39.6. The van der Waals surface area contributed by atoms with Gasteiger partial charge in [-0.15, -0.1) is 0 Å². The summed E-state index contributed by atoms with van der Waals surface area (Å²) in [7, 11) is 0. The Kier molecular flexibility index (Phi) is 40.2. The Balaban J connectivity index is 1.47. The summed E-state index contributed by atoms with van der Waals surface area (Å²) in [5, 5.41) is 67.8. The van der Waals surface area contributed by atoms with Crippen LogP contribution >= 0.6 is 11.8 Å². The van der Waals surface area contributed by atoms with Gasteiger partial charge in [-0.2, -0.15) is 11.8 Å². The topological polar surface area (TPSA) is 556 Å². The first kappa shape index (κ1) is 95.9. The lowest BCUT2D eigenvalue weighted by Crippen LogP contribution is -2.61. The maximum absolute atomic E-state index is 15.0. The smallest absolute Gasteiger partial charge is 0.328 e. The minimum absolute atomic E-state index is 0.0110. The number of carboxylic acid groups (broad SMARTS) is 1. The summed E-state index contributed by atoms with van der Waals surface area (Å²) in [4.78, 5) is 223. The number of H-pyrrole nitrogens is 2. The van der Waals surface area contributed by atoms with E-state index in [1.807, 2.05) is 30.5 Å². The number of nitrogens with zero attached hydrogens (tertiary/aromatic N) is 1. The Morgan fingerprint density at radius 2 is 1.21 bits per heavy atom. The second kappa shape index (κ2) is 48.6. The van der Waals surface area contributed by atoms with Crippen molar-refractivity contribution in [2.45, 2.75) is 244 Å². The Labute approximate surface area is 679 Å². The van der Waals surface area contributed by atoms with Gasteiger partial charge in [0.05, 0.1) is 12.9 Å². The highest BCUT2D eigenvalue weighted by Crippen LogP contribution is 2.22. The van der Waals surface area contributed by atoms with Crippen molar-refractivity contribution >= 4 is 111 Å². The number of benzene rings is 2. The number of hydrogen-bond acceptors (Lipinski definition) is 20. The Bertz CT molecular complexity index is 3950. The molecule has 21 N–H and O–H groups in total. The van der Waals surface area contributed by atoms with Gasteiger partial charge in [-0.3, -0.25) is 67.1 Å². The van der Waals surface area contributed by atoms with Crippen LogP contribution in [0.25, 0.3) is 10.9 Å². The fraction of sp³-hybridized carbons (Fsp3) is 0.595. The Hall–Kier alpha value is -10.7. The molecule has 0 radical (unpaired) electrons. The number of aliphatic hydroxyl groups is 1. The molecule has 3 heterocycles. The third-order valence-corrected chi connectivity index (χ3v) is 20.3. The second-order valence-electron chi connectivity index (χ2n) is 30.6. The third-order valence-electron chi connectivity index (χ3n) is 19.7. The lowest BCUT2D eigenvalue weighted by molar-refractivity contribution is -0.143. The van der Waals surface area contributed by atoms with Crippen molar-refractivity contribution in [3.8, 4) is 5.75 Å². The van der Waals surface area contributed by atoms with Gasteiger partial charge >= 0.3 is 5.97 Å². The number of carboxylic acids is 1. The number of unbranched alkanes of at least 4 members (excludes halogenated alkanes) is 1. The zero-order valence-electron chi connectivity index (χ0n) is 68.0. The van der Waals surface area contributed by atoms with Crippen molar-refractivity contribution in [2.75, 3.05) is 31.7 Å². The summed E-state index contributed by atoms with van der Waals surface area (Å²) in [6.07, 6.45) is 6.22. The summed E-state index contributed by atoms with van der Waals surface area (Å²) in [5.74, 6) is -14.4. The molecule has 0 saturated carbocycles. The van der Waals surface area contributed by atoms with E-state index in [4.69, 9.17) is 5.73 Å². The van der Waals surface area contributed by atoms with Gasteiger partial charge in [-0.25, -0.2) is 9.78 Å². The molecule has 0 aliphatic carbocycles. The van der Waals surface area contributed by atoms with Gasteiger partial charge in [-0.1, -0.05) is 92.1 Å². The highest BCUT2D eigenvalue weighted by atomic mass is 32.2. The van der Waals surface area contributed by atoms with E-state index in [0.29, 0.717) is 41.8 Å². The number of imidazole rings is 1. The van der Waals surface area contributed by atoms with Crippen LogP contribution in [-0.4, -0.2) is 229 Å². The normalized spacial score (nSPS) is 19.2. The molecule has 0 bridgehead atoms. The van der Waals surface area contributed by atoms with E-state index in [1.165, 1.54) is 62.4 Å².